The van der Waals surface area contributed by atoms with E-state index in [-0.39, 0.29) is 5.57 Å². The maximum atomic E-state index is 12.5. The van der Waals surface area contributed by atoms with Crippen LogP contribution in [0.15, 0.2) is 70.7 Å². The number of hydrogen-bond acceptors (Lipinski definition) is 3. The fourth-order valence-corrected chi connectivity index (χ4v) is 3.70. The summed E-state index contributed by atoms with van der Waals surface area (Å²) in [6, 6.07) is 21.4. The molecule has 4 nitrogen and oxygen atoms in total. The minimum atomic E-state index is -0.455. The molecule has 0 saturated carbocycles. The minimum Gasteiger partial charge on any atom is -0.496 e. The molecule has 3 aromatic carbocycles. The Morgan fingerprint density at radius 2 is 1.74 bits per heavy atom. The summed E-state index contributed by atoms with van der Waals surface area (Å²) in [5.74, 6) is 0.265. The number of rotatable bonds is 6. The van der Waals surface area contributed by atoms with Gasteiger partial charge in [0.1, 0.15) is 17.4 Å². The molecule has 0 bridgehead atoms. The number of hydrogen-bond donors (Lipinski definition) is 1. The van der Waals surface area contributed by atoms with Crippen LogP contribution in [0.1, 0.15) is 27.8 Å². The lowest BCUT2D eigenvalue weighted by Gasteiger charge is -2.11. The highest BCUT2D eigenvalue weighted by Crippen LogP contribution is 2.25. The van der Waals surface area contributed by atoms with Crippen LogP contribution in [-0.2, 0) is 11.2 Å². The molecule has 1 amide bonds. The van der Waals surface area contributed by atoms with Gasteiger partial charge in [0, 0.05) is 16.6 Å². The van der Waals surface area contributed by atoms with Gasteiger partial charge in [0.15, 0.2) is 0 Å². The number of aryl methyl sites for hydroxylation is 2. The van der Waals surface area contributed by atoms with E-state index >= 15 is 0 Å². The zero-order valence-corrected chi connectivity index (χ0v) is 19.3. The molecule has 0 spiro atoms. The number of benzene rings is 3. The number of amides is 1. The molecule has 0 aliphatic carbocycles. The summed E-state index contributed by atoms with van der Waals surface area (Å²) in [4.78, 5) is 12.5. The summed E-state index contributed by atoms with van der Waals surface area (Å²) in [5, 5.41) is 12.2. The highest BCUT2D eigenvalue weighted by molar-refractivity contribution is 9.10. The topological polar surface area (TPSA) is 62.1 Å². The SMILES string of the molecule is COc1cc(/C=C(\C#N)C(=O)Nc2ccc(Br)cc2)ccc1Cc1cc(C)cc(C)c1. The highest BCUT2D eigenvalue weighted by Gasteiger charge is 2.11. The Morgan fingerprint density at radius 1 is 1.06 bits per heavy atom. The van der Waals surface area contributed by atoms with Crippen molar-refractivity contribution >= 4 is 33.6 Å². The standard InChI is InChI=1S/C26H23BrN2O2/c1-17-10-18(2)12-20(11-17)14-21-5-4-19(15-25(21)31-3)13-22(16-28)26(30)29-24-8-6-23(27)7-9-24/h4-13,15H,14H2,1-3H3,(H,29,30)/b22-13+. The highest BCUT2D eigenvalue weighted by atomic mass is 79.9. The van der Waals surface area contributed by atoms with Crippen LogP contribution in [0.25, 0.3) is 6.08 Å². The number of nitrogens with one attached hydrogen (secondary N) is 1. The molecule has 1 N–H and O–H groups in total. The van der Waals surface area contributed by atoms with Gasteiger partial charge in [-0.3, -0.25) is 4.79 Å². The van der Waals surface area contributed by atoms with E-state index < -0.39 is 5.91 Å². The van der Waals surface area contributed by atoms with Crippen LogP contribution in [-0.4, -0.2) is 13.0 Å². The zero-order chi connectivity index (χ0) is 22.4. The second-order valence-electron chi connectivity index (χ2n) is 7.37. The molecule has 0 saturated heterocycles. The Kier molecular flexibility index (Phi) is 7.28. The minimum absolute atomic E-state index is 0.0204. The van der Waals surface area contributed by atoms with E-state index in [0.29, 0.717) is 5.69 Å². The number of nitrogens with zero attached hydrogens (tertiary/aromatic N) is 1. The second-order valence-corrected chi connectivity index (χ2v) is 8.29. The third kappa shape index (κ3) is 6.07. The summed E-state index contributed by atoms with van der Waals surface area (Å²) < 4.78 is 6.50. The fraction of sp³-hybridized carbons (Fsp3) is 0.154. The van der Waals surface area contributed by atoms with E-state index in [0.717, 1.165) is 27.8 Å². The zero-order valence-electron chi connectivity index (χ0n) is 17.7. The summed E-state index contributed by atoms with van der Waals surface area (Å²) in [7, 11) is 1.62. The largest absolute Gasteiger partial charge is 0.496 e. The molecule has 0 radical (unpaired) electrons. The Bertz CT molecular complexity index is 1150. The van der Waals surface area contributed by atoms with Crippen molar-refractivity contribution in [2.24, 2.45) is 0 Å². The molecule has 0 aliphatic heterocycles. The lowest BCUT2D eigenvalue weighted by atomic mass is 9.98. The van der Waals surface area contributed by atoms with Crippen molar-refractivity contribution in [3.8, 4) is 11.8 Å². The molecule has 0 unspecified atom stereocenters. The molecule has 0 aliphatic rings. The number of halogens is 1. The molecule has 156 valence electrons. The van der Waals surface area contributed by atoms with Crippen molar-refractivity contribution in [3.63, 3.8) is 0 Å². The van der Waals surface area contributed by atoms with Crippen LogP contribution in [0.2, 0.25) is 0 Å². The molecule has 3 rings (SSSR count). The average Bonchev–Trinajstić information content (AvgIpc) is 2.73. The predicted octanol–water partition coefficient (Wildman–Crippen LogP) is 6.21. The van der Waals surface area contributed by atoms with Crippen LogP contribution in [0.3, 0.4) is 0 Å². The van der Waals surface area contributed by atoms with Gasteiger partial charge in [-0.25, -0.2) is 0 Å². The van der Waals surface area contributed by atoms with Gasteiger partial charge in [0.2, 0.25) is 0 Å². The number of methoxy groups -OCH3 is 1. The molecular weight excluding hydrogens is 452 g/mol. The van der Waals surface area contributed by atoms with Crippen LogP contribution < -0.4 is 10.1 Å². The van der Waals surface area contributed by atoms with Crippen LogP contribution >= 0.6 is 15.9 Å². The molecule has 0 aromatic heterocycles. The molecule has 0 atom stereocenters. The molecule has 0 fully saturated rings. The maximum absolute atomic E-state index is 12.5. The van der Waals surface area contributed by atoms with Gasteiger partial charge in [-0.1, -0.05) is 57.4 Å². The fourth-order valence-electron chi connectivity index (χ4n) is 3.43. The van der Waals surface area contributed by atoms with Gasteiger partial charge < -0.3 is 10.1 Å². The molecule has 31 heavy (non-hydrogen) atoms. The monoisotopic (exact) mass is 474 g/mol. The van der Waals surface area contributed by atoms with Gasteiger partial charge in [-0.15, -0.1) is 0 Å². The Morgan fingerprint density at radius 3 is 2.35 bits per heavy atom. The third-order valence-corrected chi connectivity index (χ3v) is 5.29. The number of nitriles is 1. The van der Waals surface area contributed by atoms with Gasteiger partial charge in [0.25, 0.3) is 5.91 Å². The van der Waals surface area contributed by atoms with Crippen LogP contribution in [0.4, 0.5) is 5.69 Å². The van der Waals surface area contributed by atoms with Gasteiger partial charge in [-0.05, 0) is 66.9 Å². The second kappa shape index (κ2) is 10.1. The third-order valence-electron chi connectivity index (χ3n) is 4.77. The van der Waals surface area contributed by atoms with Crippen molar-refractivity contribution in [3.05, 3.63) is 98.5 Å². The van der Waals surface area contributed by atoms with Crippen molar-refractivity contribution in [1.82, 2.24) is 0 Å². The average molecular weight is 475 g/mol. The number of ether oxygens (including phenoxy) is 1. The van der Waals surface area contributed by atoms with E-state index in [9.17, 15) is 10.1 Å². The van der Waals surface area contributed by atoms with Gasteiger partial charge in [-0.2, -0.15) is 5.26 Å². The normalized spacial score (nSPS) is 11.0. The van der Waals surface area contributed by atoms with E-state index in [1.807, 2.05) is 36.4 Å². The predicted molar refractivity (Wildman–Crippen MR) is 128 cm³/mol. The van der Waals surface area contributed by atoms with Gasteiger partial charge >= 0.3 is 0 Å². The summed E-state index contributed by atoms with van der Waals surface area (Å²) in [5.41, 5.74) is 6.08. The Hall–Kier alpha value is -3.36. The first-order chi connectivity index (χ1) is 14.9. The molecule has 0 heterocycles. The Balaban J connectivity index is 1.82. The quantitative estimate of drug-likeness (QED) is 0.341. The van der Waals surface area contributed by atoms with E-state index in [1.54, 1.807) is 25.3 Å². The molecule has 3 aromatic rings. The summed E-state index contributed by atoms with van der Waals surface area (Å²) >= 11 is 3.36. The first-order valence-electron chi connectivity index (χ1n) is 9.80. The number of anilines is 1. The van der Waals surface area contributed by atoms with Gasteiger partial charge in [0.05, 0.1) is 7.11 Å². The number of carbonyl (C=O) groups excluding carboxylic acids is 1. The van der Waals surface area contributed by atoms with Crippen molar-refractivity contribution in [2.75, 3.05) is 12.4 Å². The lowest BCUT2D eigenvalue weighted by Crippen LogP contribution is -2.13. The van der Waals surface area contributed by atoms with Crippen LogP contribution in [0, 0.1) is 25.2 Å². The summed E-state index contributed by atoms with van der Waals surface area (Å²) in [6.45, 7) is 4.18. The smallest absolute Gasteiger partial charge is 0.266 e. The van der Waals surface area contributed by atoms with E-state index in [1.165, 1.54) is 16.7 Å². The van der Waals surface area contributed by atoms with E-state index in [2.05, 4.69) is 53.3 Å². The first kappa shape index (κ1) is 22.3. The van der Waals surface area contributed by atoms with Crippen LogP contribution in [0.5, 0.6) is 5.75 Å². The first-order valence-corrected chi connectivity index (χ1v) is 10.6. The Labute approximate surface area is 191 Å². The van der Waals surface area contributed by atoms with Crippen molar-refractivity contribution in [2.45, 2.75) is 20.3 Å². The molecule has 5 heteroatoms. The lowest BCUT2D eigenvalue weighted by molar-refractivity contribution is -0.112. The summed E-state index contributed by atoms with van der Waals surface area (Å²) in [6.07, 6.45) is 2.31. The van der Waals surface area contributed by atoms with Crippen molar-refractivity contribution < 1.29 is 9.53 Å². The van der Waals surface area contributed by atoms with Crippen molar-refractivity contribution in [1.29, 1.82) is 5.26 Å². The number of carbonyl (C=O) groups is 1. The maximum Gasteiger partial charge on any atom is 0.266 e. The molecular formula is C26H23BrN2O2. The van der Waals surface area contributed by atoms with E-state index in [4.69, 9.17) is 4.74 Å².